The predicted octanol–water partition coefficient (Wildman–Crippen LogP) is 4.24. The van der Waals surface area contributed by atoms with Crippen LogP contribution in [0.1, 0.15) is 48.0 Å². The number of nitrogens with zero attached hydrogens (tertiary/aromatic N) is 1. The van der Waals surface area contributed by atoms with Crippen LogP contribution in [0.25, 0.3) is 0 Å². The average molecular weight is 365 g/mol. The molecular formula is C22H27N3O2. The monoisotopic (exact) mass is 365 g/mol. The second-order valence-corrected chi connectivity index (χ2v) is 6.93. The molecule has 2 aromatic carbocycles. The fraction of sp³-hybridized carbons (Fsp3) is 0.364. The van der Waals surface area contributed by atoms with Gasteiger partial charge in [0.25, 0.3) is 5.91 Å². The number of nitrogens with one attached hydrogen (secondary N) is 2. The summed E-state index contributed by atoms with van der Waals surface area (Å²) in [6, 6.07) is 17.1. The van der Waals surface area contributed by atoms with Gasteiger partial charge in [-0.15, -0.1) is 0 Å². The summed E-state index contributed by atoms with van der Waals surface area (Å²) in [7, 11) is 0. The smallest absolute Gasteiger partial charge is 0.319 e. The Hall–Kier alpha value is -2.82. The zero-order valence-corrected chi connectivity index (χ0v) is 15.8. The van der Waals surface area contributed by atoms with Gasteiger partial charge in [0.1, 0.15) is 0 Å². The molecule has 5 heteroatoms. The zero-order valence-electron chi connectivity index (χ0n) is 15.8. The lowest BCUT2D eigenvalue weighted by Crippen LogP contribution is -2.32. The van der Waals surface area contributed by atoms with Crippen molar-refractivity contribution in [2.45, 2.75) is 32.1 Å². The van der Waals surface area contributed by atoms with Crippen LogP contribution >= 0.6 is 0 Å². The van der Waals surface area contributed by atoms with Crippen molar-refractivity contribution >= 4 is 17.6 Å². The normalized spacial score (nSPS) is 14.6. The molecule has 1 saturated heterocycles. The number of benzene rings is 2. The first-order valence-corrected chi connectivity index (χ1v) is 9.66. The molecule has 2 N–H and O–H groups in total. The molecule has 0 saturated carbocycles. The molecule has 1 heterocycles. The first-order chi connectivity index (χ1) is 13.2. The third-order valence-electron chi connectivity index (χ3n) is 5.06. The second-order valence-electron chi connectivity index (χ2n) is 6.93. The summed E-state index contributed by atoms with van der Waals surface area (Å²) in [6.07, 6.45) is 3.11. The summed E-state index contributed by atoms with van der Waals surface area (Å²) in [5, 5.41) is 5.77. The Labute approximate surface area is 160 Å². The van der Waals surface area contributed by atoms with E-state index in [2.05, 4.69) is 29.7 Å². The van der Waals surface area contributed by atoms with Crippen molar-refractivity contribution < 1.29 is 9.59 Å². The highest BCUT2D eigenvalue weighted by Gasteiger charge is 2.19. The van der Waals surface area contributed by atoms with Crippen LogP contribution in [0.15, 0.2) is 54.6 Å². The van der Waals surface area contributed by atoms with E-state index in [0.717, 1.165) is 32.4 Å². The molecule has 0 aliphatic carbocycles. The molecule has 1 atom stereocenters. The van der Waals surface area contributed by atoms with E-state index in [1.807, 2.05) is 23.1 Å². The van der Waals surface area contributed by atoms with Crippen LogP contribution in [0.4, 0.5) is 10.5 Å². The minimum absolute atomic E-state index is 0.0668. The Balaban J connectivity index is 1.51. The number of hydrogen-bond donors (Lipinski definition) is 2. The number of carbonyl (C=O) groups is 2. The van der Waals surface area contributed by atoms with Gasteiger partial charge in [-0.3, -0.25) is 4.79 Å². The highest BCUT2D eigenvalue weighted by molar-refractivity contribution is 5.95. The number of anilines is 1. The molecule has 1 aliphatic heterocycles. The van der Waals surface area contributed by atoms with Gasteiger partial charge in [-0.05, 0) is 49.1 Å². The van der Waals surface area contributed by atoms with Gasteiger partial charge in [-0.1, -0.05) is 37.3 Å². The number of amides is 3. The molecule has 1 aliphatic rings. The predicted molar refractivity (Wildman–Crippen MR) is 108 cm³/mol. The van der Waals surface area contributed by atoms with E-state index in [4.69, 9.17) is 0 Å². The van der Waals surface area contributed by atoms with E-state index in [1.54, 1.807) is 24.3 Å². The molecule has 27 heavy (non-hydrogen) atoms. The highest BCUT2D eigenvalue weighted by Crippen LogP contribution is 2.18. The van der Waals surface area contributed by atoms with Crippen molar-refractivity contribution in [1.29, 1.82) is 0 Å². The lowest BCUT2D eigenvalue weighted by molar-refractivity contribution is 0.0793. The summed E-state index contributed by atoms with van der Waals surface area (Å²) >= 11 is 0. The summed E-state index contributed by atoms with van der Waals surface area (Å²) in [5.74, 6) is 0.356. The molecular weight excluding hydrogens is 338 g/mol. The van der Waals surface area contributed by atoms with Crippen LogP contribution in [0.3, 0.4) is 0 Å². The maximum absolute atomic E-state index is 12.4. The van der Waals surface area contributed by atoms with Gasteiger partial charge in [-0.25, -0.2) is 4.79 Å². The van der Waals surface area contributed by atoms with Crippen LogP contribution in [-0.4, -0.2) is 36.5 Å². The van der Waals surface area contributed by atoms with Gasteiger partial charge < -0.3 is 15.5 Å². The lowest BCUT2D eigenvalue weighted by atomic mass is 9.97. The van der Waals surface area contributed by atoms with Crippen molar-refractivity contribution in [2.75, 3.05) is 25.0 Å². The molecule has 3 amide bonds. The number of rotatable bonds is 6. The molecule has 0 aromatic heterocycles. The van der Waals surface area contributed by atoms with Gasteiger partial charge in [0, 0.05) is 36.8 Å². The van der Waals surface area contributed by atoms with E-state index >= 15 is 0 Å². The van der Waals surface area contributed by atoms with Gasteiger partial charge >= 0.3 is 6.03 Å². The van der Waals surface area contributed by atoms with Gasteiger partial charge in [0.15, 0.2) is 0 Å². The fourth-order valence-corrected chi connectivity index (χ4v) is 3.41. The third kappa shape index (κ3) is 5.09. The number of likely N-dealkylation sites (tertiary alicyclic amines) is 1. The SMILES string of the molecule is CC[C@@H](CNC(=O)Nc1ccc(C(=O)N2CCCC2)cc1)c1ccccc1. The molecule has 0 unspecified atom stereocenters. The topological polar surface area (TPSA) is 61.4 Å². The third-order valence-corrected chi connectivity index (χ3v) is 5.06. The molecule has 3 rings (SSSR count). The standard InChI is InChI=1S/C22H27N3O2/c1-2-17(18-8-4-3-5-9-18)16-23-22(27)24-20-12-10-19(11-13-20)21(26)25-14-6-7-15-25/h3-5,8-13,17H,2,6-7,14-16H2,1H3,(H2,23,24,27)/t17-/m0/s1. The summed E-state index contributed by atoms with van der Waals surface area (Å²) in [6.45, 7) is 4.37. The lowest BCUT2D eigenvalue weighted by Gasteiger charge is -2.17. The van der Waals surface area contributed by atoms with E-state index in [0.29, 0.717) is 17.8 Å². The zero-order chi connectivity index (χ0) is 19.1. The van der Waals surface area contributed by atoms with Crippen molar-refractivity contribution in [3.63, 3.8) is 0 Å². The van der Waals surface area contributed by atoms with Gasteiger partial charge in [-0.2, -0.15) is 0 Å². The van der Waals surface area contributed by atoms with E-state index in [-0.39, 0.29) is 17.9 Å². The molecule has 0 radical (unpaired) electrons. The average Bonchev–Trinajstić information content (AvgIpc) is 3.24. The minimum Gasteiger partial charge on any atom is -0.339 e. The number of urea groups is 1. The Morgan fingerprint density at radius 3 is 2.30 bits per heavy atom. The van der Waals surface area contributed by atoms with Crippen molar-refractivity contribution in [1.82, 2.24) is 10.2 Å². The van der Waals surface area contributed by atoms with Crippen LogP contribution in [0.5, 0.6) is 0 Å². The second kappa shape index (κ2) is 9.21. The van der Waals surface area contributed by atoms with E-state index in [9.17, 15) is 9.59 Å². The van der Waals surface area contributed by atoms with Crippen LogP contribution in [0, 0.1) is 0 Å². The molecule has 0 bridgehead atoms. The van der Waals surface area contributed by atoms with Crippen molar-refractivity contribution in [3.05, 3.63) is 65.7 Å². The summed E-state index contributed by atoms with van der Waals surface area (Å²) < 4.78 is 0. The summed E-state index contributed by atoms with van der Waals surface area (Å²) in [5.41, 5.74) is 2.57. The van der Waals surface area contributed by atoms with E-state index < -0.39 is 0 Å². The van der Waals surface area contributed by atoms with Crippen LogP contribution in [-0.2, 0) is 0 Å². The Kier molecular flexibility index (Phi) is 6.47. The largest absolute Gasteiger partial charge is 0.339 e. The summed E-state index contributed by atoms with van der Waals surface area (Å²) in [4.78, 5) is 26.4. The van der Waals surface area contributed by atoms with Crippen molar-refractivity contribution in [2.24, 2.45) is 0 Å². The van der Waals surface area contributed by atoms with Gasteiger partial charge in [0.05, 0.1) is 0 Å². The fourth-order valence-electron chi connectivity index (χ4n) is 3.41. The maximum Gasteiger partial charge on any atom is 0.319 e. The number of carbonyl (C=O) groups excluding carboxylic acids is 2. The first kappa shape index (κ1) is 19.0. The van der Waals surface area contributed by atoms with Crippen LogP contribution in [0.2, 0.25) is 0 Å². The van der Waals surface area contributed by atoms with Crippen molar-refractivity contribution in [3.8, 4) is 0 Å². The minimum atomic E-state index is -0.233. The first-order valence-electron chi connectivity index (χ1n) is 9.66. The molecule has 142 valence electrons. The Morgan fingerprint density at radius 1 is 1.00 bits per heavy atom. The molecule has 2 aromatic rings. The van der Waals surface area contributed by atoms with Crippen LogP contribution < -0.4 is 10.6 Å². The molecule has 0 spiro atoms. The Bertz CT molecular complexity index is 753. The highest BCUT2D eigenvalue weighted by atomic mass is 16.2. The maximum atomic E-state index is 12.4. The number of hydrogen-bond acceptors (Lipinski definition) is 2. The quantitative estimate of drug-likeness (QED) is 0.804. The molecule has 1 fully saturated rings. The van der Waals surface area contributed by atoms with Gasteiger partial charge in [0.2, 0.25) is 0 Å². The Morgan fingerprint density at radius 2 is 1.67 bits per heavy atom. The molecule has 5 nitrogen and oxygen atoms in total. The van der Waals surface area contributed by atoms with E-state index in [1.165, 1.54) is 5.56 Å².